The summed E-state index contributed by atoms with van der Waals surface area (Å²) in [5, 5.41) is 0. The molecule has 2 N–H and O–H groups in total. The minimum Gasteiger partial charge on any atom is -0.358 e. The van der Waals surface area contributed by atoms with Crippen LogP contribution in [0.5, 0.6) is 0 Å². The van der Waals surface area contributed by atoms with Gasteiger partial charge in [-0.05, 0) is 28.8 Å². The molecule has 98 valence electrons. The first-order valence-electron chi connectivity index (χ1n) is 6.77. The van der Waals surface area contributed by atoms with Crippen LogP contribution in [-0.4, -0.2) is 9.97 Å². The number of nitrogens with one attached hydrogen (secondary N) is 2. The molecule has 2 aromatic heterocycles. The van der Waals surface area contributed by atoms with Crippen LogP contribution in [0.3, 0.4) is 0 Å². The Labute approximate surface area is 122 Å². The molecular weight excluding hydrogens is 264 g/mol. The molecule has 0 radical (unpaired) electrons. The van der Waals surface area contributed by atoms with E-state index in [9.17, 15) is 0 Å². The van der Waals surface area contributed by atoms with Crippen molar-refractivity contribution in [1.29, 1.82) is 0 Å². The van der Waals surface area contributed by atoms with Crippen molar-refractivity contribution in [2.45, 2.75) is 12.8 Å². The molecule has 4 rings (SSSR count). The highest BCUT2D eigenvalue weighted by Gasteiger charge is 2.22. The SMILES string of the molecule is S=c1[nH]ccc2c1Cc1c([nH]c3c1C=CC=CC=C3)C2. The van der Waals surface area contributed by atoms with Crippen LogP contribution in [0.2, 0.25) is 0 Å². The van der Waals surface area contributed by atoms with Gasteiger partial charge in [-0.2, -0.15) is 0 Å². The van der Waals surface area contributed by atoms with Gasteiger partial charge in [-0.15, -0.1) is 0 Å². The fraction of sp³-hybridized carbons (Fsp3) is 0.118. The molecule has 2 aromatic rings. The van der Waals surface area contributed by atoms with Crippen molar-refractivity contribution < 1.29 is 0 Å². The number of aromatic amines is 2. The number of allylic oxidation sites excluding steroid dienone is 4. The minimum atomic E-state index is 0.869. The molecule has 0 spiro atoms. The maximum Gasteiger partial charge on any atom is 0.107 e. The zero-order chi connectivity index (χ0) is 13.5. The van der Waals surface area contributed by atoms with Gasteiger partial charge in [0.25, 0.3) is 0 Å². The second-order valence-electron chi connectivity index (χ2n) is 5.18. The number of pyridine rings is 1. The van der Waals surface area contributed by atoms with Gasteiger partial charge in [0.15, 0.2) is 0 Å². The summed E-state index contributed by atoms with van der Waals surface area (Å²) in [7, 11) is 0. The monoisotopic (exact) mass is 278 g/mol. The first-order valence-corrected chi connectivity index (χ1v) is 7.18. The normalized spacial score (nSPS) is 15.2. The number of aromatic nitrogens is 2. The summed E-state index contributed by atoms with van der Waals surface area (Å²) in [6, 6.07) is 2.14. The number of hydrogen-bond acceptors (Lipinski definition) is 1. The van der Waals surface area contributed by atoms with Crippen molar-refractivity contribution in [3.05, 3.63) is 74.8 Å². The lowest BCUT2D eigenvalue weighted by Gasteiger charge is -2.16. The van der Waals surface area contributed by atoms with Crippen LogP contribution in [0, 0.1) is 4.64 Å². The zero-order valence-corrected chi connectivity index (χ0v) is 11.8. The maximum absolute atomic E-state index is 5.44. The van der Waals surface area contributed by atoms with Crippen LogP contribution in [0.25, 0.3) is 12.2 Å². The molecule has 0 aliphatic heterocycles. The van der Waals surface area contributed by atoms with E-state index < -0.39 is 0 Å². The Morgan fingerprint density at radius 2 is 1.80 bits per heavy atom. The highest BCUT2D eigenvalue weighted by molar-refractivity contribution is 7.71. The average Bonchev–Trinajstić information content (AvgIpc) is 2.73. The second kappa shape index (κ2) is 4.46. The molecule has 0 fully saturated rings. The van der Waals surface area contributed by atoms with Gasteiger partial charge in [0.1, 0.15) is 4.64 Å². The van der Waals surface area contributed by atoms with E-state index in [0.29, 0.717) is 0 Å². The lowest BCUT2D eigenvalue weighted by atomic mass is 9.89. The third-order valence-corrected chi connectivity index (χ3v) is 4.37. The molecular formula is C17H14N2S. The van der Waals surface area contributed by atoms with Gasteiger partial charge in [-0.3, -0.25) is 0 Å². The predicted octanol–water partition coefficient (Wildman–Crippen LogP) is 4.16. The summed E-state index contributed by atoms with van der Waals surface area (Å²) in [5.41, 5.74) is 7.80. The fourth-order valence-corrected chi connectivity index (χ4v) is 3.29. The van der Waals surface area contributed by atoms with Crippen LogP contribution in [0.4, 0.5) is 0 Å². The Hall–Kier alpha value is -2.13. The molecule has 2 aliphatic rings. The van der Waals surface area contributed by atoms with Gasteiger partial charge in [-0.25, -0.2) is 0 Å². The van der Waals surface area contributed by atoms with E-state index >= 15 is 0 Å². The summed E-state index contributed by atoms with van der Waals surface area (Å²) in [6.07, 6.45) is 16.4. The lowest BCUT2D eigenvalue weighted by molar-refractivity contribution is 0.950. The number of fused-ring (bicyclic) bond motifs is 4. The van der Waals surface area contributed by atoms with Crippen molar-refractivity contribution in [1.82, 2.24) is 9.97 Å². The van der Waals surface area contributed by atoms with Crippen molar-refractivity contribution in [3.8, 4) is 0 Å². The summed E-state index contributed by atoms with van der Waals surface area (Å²) in [6.45, 7) is 0. The minimum absolute atomic E-state index is 0.869. The standard InChI is InChI=1S/C17H14N2S/c20-17-13-10-14-12-5-3-1-2-4-6-15(12)19-16(14)9-11(13)7-8-18-17/h1-8,19H,9-10H2,(H,18,20). The molecule has 0 saturated carbocycles. The number of rotatable bonds is 0. The first-order chi connectivity index (χ1) is 9.83. The molecule has 20 heavy (non-hydrogen) atoms. The van der Waals surface area contributed by atoms with E-state index in [1.807, 2.05) is 12.3 Å². The van der Waals surface area contributed by atoms with Crippen LogP contribution < -0.4 is 0 Å². The predicted molar refractivity (Wildman–Crippen MR) is 85.2 cm³/mol. The Morgan fingerprint density at radius 3 is 2.70 bits per heavy atom. The summed E-state index contributed by atoms with van der Waals surface area (Å²) in [4.78, 5) is 6.71. The molecule has 3 heteroatoms. The third-order valence-electron chi connectivity index (χ3n) is 4.01. The van der Waals surface area contributed by atoms with E-state index in [-0.39, 0.29) is 0 Å². The van der Waals surface area contributed by atoms with Gasteiger partial charge in [0.2, 0.25) is 0 Å². The van der Waals surface area contributed by atoms with Crippen LogP contribution >= 0.6 is 12.2 Å². The quantitative estimate of drug-likeness (QED) is 0.594. The van der Waals surface area contributed by atoms with Gasteiger partial charge in [-0.1, -0.05) is 42.6 Å². The largest absolute Gasteiger partial charge is 0.358 e. The van der Waals surface area contributed by atoms with Crippen LogP contribution in [-0.2, 0) is 12.8 Å². The highest BCUT2D eigenvalue weighted by atomic mass is 32.1. The van der Waals surface area contributed by atoms with Gasteiger partial charge >= 0.3 is 0 Å². The van der Waals surface area contributed by atoms with E-state index in [4.69, 9.17) is 12.2 Å². The van der Waals surface area contributed by atoms with E-state index in [1.165, 1.54) is 33.6 Å². The summed E-state index contributed by atoms with van der Waals surface area (Å²) < 4.78 is 0.869. The molecule has 0 atom stereocenters. The Balaban J connectivity index is 1.90. The molecule has 0 bridgehead atoms. The van der Waals surface area contributed by atoms with Gasteiger partial charge in [0, 0.05) is 36.0 Å². The van der Waals surface area contributed by atoms with Crippen molar-refractivity contribution >= 4 is 24.4 Å². The zero-order valence-electron chi connectivity index (χ0n) is 10.9. The average molecular weight is 278 g/mol. The molecule has 0 amide bonds. The Morgan fingerprint density at radius 1 is 0.950 bits per heavy atom. The topological polar surface area (TPSA) is 31.6 Å². The number of hydrogen-bond donors (Lipinski definition) is 2. The molecule has 2 heterocycles. The second-order valence-corrected chi connectivity index (χ2v) is 5.58. The molecule has 0 aromatic carbocycles. The molecule has 2 nitrogen and oxygen atoms in total. The van der Waals surface area contributed by atoms with Crippen molar-refractivity contribution in [2.75, 3.05) is 0 Å². The van der Waals surface area contributed by atoms with Crippen LogP contribution in [0.15, 0.2) is 36.6 Å². The maximum atomic E-state index is 5.44. The summed E-state index contributed by atoms with van der Waals surface area (Å²) in [5.74, 6) is 0. The lowest BCUT2D eigenvalue weighted by Crippen LogP contribution is -2.08. The van der Waals surface area contributed by atoms with E-state index in [1.54, 1.807) is 0 Å². The van der Waals surface area contributed by atoms with Crippen molar-refractivity contribution in [2.24, 2.45) is 0 Å². The van der Waals surface area contributed by atoms with Crippen LogP contribution in [0.1, 0.15) is 33.6 Å². The first kappa shape index (κ1) is 11.7. The van der Waals surface area contributed by atoms with Gasteiger partial charge < -0.3 is 9.97 Å². The Kier molecular flexibility index (Phi) is 2.60. The molecule has 2 aliphatic carbocycles. The van der Waals surface area contributed by atoms with E-state index in [0.717, 1.165) is 17.5 Å². The highest BCUT2D eigenvalue weighted by Crippen LogP contribution is 2.32. The third kappa shape index (κ3) is 1.74. The smallest absolute Gasteiger partial charge is 0.107 e. The molecule has 0 saturated heterocycles. The van der Waals surface area contributed by atoms with Crippen molar-refractivity contribution in [3.63, 3.8) is 0 Å². The number of H-pyrrole nitrogens is 2. The summed E-state index contributed by atoms with van der Waals surface area (Å²) >= 11 is 5.44. The van der Waals surface area contributed by atoms with Gasteiger partial charge in [0.05, 0.1) is 0 Å². The fourth-order valence-electron chi connectivity index (χ4n) is 3.02. The van der Waals surface area contributed by atoms with E-state index in [2.05, 4.69) is 46.4 Å². The Bertz CT molecular complexity index is 831. The molecule has 0 unspecified atom stereocenters.